The lowest BCUT2D eigenvalue weighted by atomic mass is 10.0. The Labute approximate surface area is 115 Å². The predicted octanol–water partition coefficient (Wildman–Crippen LogP) is 3.34. The first-order chi connectivity index (χ1) is 9.17. The van der Waals surface area contributed by atoms with Crippen molar-refractivity contribution in [2.75, 3.05) is 20.2 Å². The second-order valence-corrected chi connectivity index (χ2v) is 5.08. The van der Waals surface area contributed by atoms with Gasteiger partial charge in [0.2, 0.25) is 0 Å². The average Bonchev–Trinajstić information content (AvgIpc) is 2.70. The Morgan fingerprint density at radius 2 is 2.05 bits per heavy atom. The minimum Gasteiger partial charge on any atom is -0.495 e. The molecular formula is C16H24N2O. The lowest BCUT2D eigenvalue weighted by Crippen LogP contribution is -2.14. The summed E-state index contributed by atoms with van der Waals surface area (Å²) < 4.78 is 5.48. The number of H-pyrrole nitrogens is 1. The topological polar surface area (TPSA) is 37.0 Å². The van der Waals surface area contributed by atoms with Gasteiger partial charge in [0.15, 0.2) is 0 Å². The highest BCUT2D eigenvalue weighted by Gasteiger charge is 2.12. The van der Waals surface area contributed by atoms with Crippen LogP contribution in [0.5, 0.6) is 5.75 Å². The molecule has 0 atom stereocenters. The van der Waals surface area contributed by atoms with E-state index in [9.17, 15) is 0 Å². The second-order valence-electron chi connectivity index (χ2n) is 5.08. The normalized spacial score (nSPS) is 11.2. The Morgan fingerprint density at radius 1 is 1.26 bits per heavy atom. The summed E-state index contributed by atoms with van der Waals surface area (Å²) in [4.78, 5) is 3.47. The molecule has 1 heterocycles. The predicted molar refractivity (Wildman–Crippen MR) is 81.2 cm³/mol. The summed E-state index contributed by atoms with van der Waals surface area (Å²) in [6.07, 6.45) is 2.27. The van der Waals surface area contributed by atoms with E-state index < -0.39 is 0 Å². The molecule has 2 aromatic rings. The molecule has 0 bridgehead atoms. The maximum absolute atomic E-state index is 5.48. The van der Waals surface area contributed by atoms with E-state index in [4.69, 9.17) is 4.74 Å². The van der Waals surface area contributed by atoms with E-state index in [2.05, 4.69) is 43.2 Å². The van der Waals surface area contributed by atoms with Crippen LogP contribution in [0.15, 0.2) is 12.1 Å². The van der Waals surface area contributed by atoms with Gasteiger partial charge >= 0.3 is 0 Å². The van der Waals surface area contributed by atoms with Crippen molar-refractivity contribution in [3.8, 4) is 5.75 Å². The number of aryl methyl sites for hydroxylation is 3. The highest BCUT2D eigenvalue weighted by molar-refractivity contribution is 5.90. The molecule has 1 aromatic carbocycles. The Hall–Kier alpha value is -1.48. The van der Waals surface area contributed by atoms with Gasteiger partial charge in [-0.15, -0.1) is 0 Å². The molecule has 0 unspecified atom stereocenters. The standard InChI is InChI=1S/C16H24N2O/c1-5-17-8-6-7-13-12(3)18-16-14(13)9-11(2)10-15(16)19-4/h9-10,17-18H,5-8H2,1-4H3. The highest BCUT2D eigenvalue weighted by Crippen LogP contribution is 2.31. The first-order valence-electron chi connectivity index (χ1n) is 7.03. The minimum atomic E-state index is 0.941. The fourth-order valence-corrected chi connectivity index (χ4v) is 2.64. The lowest BCUT2D eigenvalue weighted by Gasteiger charge is -2.05. The van der Waals surface area contributed by atoms with Gasteiger partial charge < -0.3 is 15.0 Å². The van der Waals surface area contributed by atoms with Crippen LogP contribution >= 0.6 is 0 Å². The van der Waals surface area contributed by atoms with Crippen molar-refractivity contribution >= 4 is 10.9 Å². The van der Waals surface area contributed by atoms with Crippen LogP contribution in [-0.2, 0) is 6.42 Å². The van der Waals surface area contributed by atoms with E-state index in [-0.39, 0.29) is 0 Å². The van der Waals surface area contributed by atoms with Crippen molar-refractivity contribution < 1.29 is 4.74 Å². The number of hydrogen-bond donors (Lipinski definition) is 2. The maximum Gasteiger partial charge on any atom is 0.143 e. The van der Waals surface area contributed by atoms with Crippen molar-refractivity contribution in [1.82, 2.24) is 10.3 Å². The van der Waals surface area contributed by atoms with Gasteiger partial charge in [-0.2, -0.15) is 0 Å². The number of methoxy groups -OCH3 is 1. The maximum atomic E-state index is 5.48. The molecule has 2 N–H and O–H groups in total. The van der Waals surface area contributed by atoms with Crippen LogP contribution in [0.1, 0.15) is 30.2 Å². The fourth-order valence-electron chi connectivity index (χ4n) is 2.64. The first-order valence-corrected chi connectivity index (χ1v) is 7.03. The highest BCUT2D eigenvalue weighted by atomic mass is 16.5. The van der Waals surface area contributed by atoms with E-state index in [1.165, 1.54) is 22.2 Å². The number of fused-ring (bicyclic) bond motifs is 1. The fraction of sp³-hybridized carbons (Fsp3) is 0.500. The summed E-state index contributed by atoms with van der Waals surface area (Å²) in [6, 6.07) is 4.34. The largest absolute Gasteiger partial charge is 0.495 e. The molecule has 0 radical (unpaired) electrons. The van der Waals surface area contributed by atoms with Crippen molar-refractivity contribution in [2.45, 2.75) is 33.6 Å². The number of benzene rings is 1. The van der Waals surface area contributed by atoms with Crippen LogP contribution in [0, 0.1) is 13.8 Å². The monoisotopic (exact) mass is 260 g/mol. The van der Waals surface area contributed by atoms with Crippen molar-refractivity contribution in [2.24, 2.45) is 0 Å². The van der Waals surface area contributed by atoms with Crippen molar-refractivity contribution in [1.29, 1.82) is 0 Å². The lowest BCUT2D eigenvalue weighted by molar-refractivity contribution is 0.418. The van der Waals surface area contributed by atoms with Crippen LogP contribution in [0.25, 0.3) is 10.9 Å². The molecule has 0 fully saturated rings. The molecule has 3 nitrogen and oxygen atoms in total. The van der Waals surface area contributed by atoms with E-state index in [0.29, 0.717) is 0 Å². The van der Waals surface area contributed by atoms with Gasteiger partial charge in [0.05, 0.1) is 12.6 Å². The zero-order valence-corrected chi connectivity index (χ0v) is 12.4. The Kier molecular flexibility index (Phi) is 4.48. The quantitative estimate of drug-likeness (QED) is 0.782. The van der Waals surface area contributed by atoms with Gasteiger partial charge in [0, 0.05) is 11.1 Å². The molecule has 0 spiro atoms. The van der Waals surface area contributed by atoms with Gasteiger partial charge in [-0.25, -0.2) is 0 Å². The zero-order chi connectivity index (χ0) is 13.8. The zero-order valence-electron chi connectivity index (χ0n) is 12.4. The number of hydrogen-bond acceptors (Lipinski definition) is 2. The number of aromatic amines is 1. The Morgan fingerprint density at radius 3 is 2.74 bits per heavy atom. The SMILES string of the molecule is CCNCCCc1c(C)[nH]c2c(OC)cc(C)cc12. The molecule has 0 saturated heterocycles. The Balaban J connectivity index is 2.32. The number of nitrogens with one attached hydrogen (secondary N) is 2. The molecule has 3 heteroatoms. The number of aromatic nitrogens is 1. The Bertz CT molecular complexity index is 557. The molecule has 19 heavy (non-hydrogen) atoms. The summed E-state index contributed by atoms with van der Waals surface area (Å²) in [6.45, 7) is 8.53. The van der Waals surface area contributed by atoms with E-state index >= 15 is 0 Å². The summed E-state index contributed by atoms with van der Waals surface area (Å²) in [5.74, 6) is 0.941. The summed E-state index contributed by atoms with van der Waals surface area (Å²) >= 11 is 0. The third-order valence-corrected chi connectivity index (χ3v) is 3.59. The number of rotatable bonds is 6. The van der Waals surface area contributed by atoms with Gasteiger partial charge in [-0.05, 0) is 63.0 Å². The summed E-state index contributed by atoms with van der Waals surface area (Å²) in [5, 5.41) is 4.69. The average molecular weight is 260 g/mol. The van der Waals surface area contributed by atoms with Gasteiger partial charge in [0.1, 0.15) is 5.75 Å². The molecule has 0 aliphatic carbocycles. The van der Waals surface area contributed by atoms with Crippen LogP contribution in [-0.4, -0.2) is 25.2 Å². The molecule has 0 amide bonds. The summed E-state index contributed by atoms with van der Waals surface area (Å²) in [7, 11) is 1.73. The molecular weight excluding hydrogens is 236 g/mol. The first kappa shape index (κ1) is 13.9. The molecule has 0 aliphatic rings. The van der Waals surface area contributed by atoms with Gasteiger partial charge in [-0.1, -0.05) is 6.92 Å². The minimum absolute atomic E-state index is 0.941. The van der Waals surface area contributed by atoms with Gasteiger partial charge in [0.25, 0.3) is 0 Å². The van der Waals surface area contributed by atoms with E-state index in [1.807, 2.05) is 0 Å². The van der Waals surface area contributed by atoms with E-state index in [1.54, 1.807) is 7.11 Å². The second kappa shape index (κ2) is 6.11. The van der Waals surface area contributed by atoms with Crippen LogP contribution in [0.4, 0.5) is 0 Å². The van der Waals surface area contributed by atoms with Crippen LogP contribution in [0.2, 0.25) is 0 Å². The molecule has 2 rings (SSSR count). The molecule has 0 aliphatic heterocycles. The van der Waals surface area contributed by atoms with E-state index in [0.717, 1.165) is 37.2 Å². The van der Waals surface area contributed by atoms with Crippen molar-refractivity contribution in [3.05, 3.63) is 29.0 Å². The van der Waals surface area contributed by atoms with Crippen LogP contribution < -0.4 is 10.1 Å². The number of ether oxygens (including phenoxy) is 1. The third kappa shape index (κ3) is 2.92. The molecule has 104 valence electrons. The summed E-state index contributed by atoms with van der Waals surface area (Å²) in [5.41, 5.74) is 5.06. The smallest absolute Gasteiger partial charge is 0.143 e. The molecule has 1 aromatic heterocycles. The third-order valence-electron chi connectivity index (χ3n) is 3.59. The van der Waals surface area contributed by atoms with Crippen LogP contribution in [0.3, 0.4) is 0 Å². The van der Waals surface area contributed by atoms with Crippen molar-refractivity contribution in [3.63, 3.8) is 0 Å². The van der Waals surface area contributed by atoms with Gasteiger partial charge in [-0.3, -0.25) is 0 Å². The molecule has 0 saturated carbocycles.